The van der Waals surface area contributed by atoms with Crippen LogP contribution in [0.2, 0.25) is 0 Å². The third kappa shape index (κ3) is 1.97. The van der Waals surface area contributed by atoms with E-state index in [-0.39, 0.29) is 0 Å². The Morgan fingerprint density at radius 1 is 1.11 bits per heavy atom. The maximum atomic E-state index is 11.6. The summed E-state index contributed by atoms with van der Waals surface area (Å²) in [5.41, 5.74) is 0. The molecule has 0 heterocycles. The van der Waals surface area contributed by atoms with Crippen molar-refractivity contribution < 1.29 is 22.0 Å². The summed E-state index contributed by atoms with van der Waals surface area (Å²) in [6.45, 7) is -2.27. The van der Waals surface area contributed by atoms with Crippen LogP contribution >= 0.6 is 11.6 Å². The van der Waals surface area contributed by atoms with Gasteiger partial charge in [-0.3, -0.25) is 0 Å². The van der Waals surface area contributed by atoms with Gasteiger partial charge in [0.15, 0.2) is 0 Å². The van der Waals surface area contributed by atoms with Crippen molar-refractivity contribution in [2.45, 2.75) is 11.3 Å². The van der Waals surface area contributed by atoms with Crippen molar-refractivity contribution in [3.8, 4) is 0 Å². The lowest BCUT2D eigenvalue weighted by Crippen LogP contribution is -2.37. The van der Waals surface area contributed by atoms with Crippen LogP contribution in [0.4, 0.5) is 22.0 Å². The summed E-state index contributed by atoms with van der Waals surface area (Å²) >= 11 is 4.03. The molecule has 0 saturated heterocycles. The number of halogens is 6. The number of hydrogen-bond acceptors (Lipinski definition) is 0. The highest BCUT2D eigenvalue weighted by Crippen LogP contribution is 2.37. The van der Waals surface area contributed by atoms with Crippen LogP contribution in [0.3, 0.4) is 0 Å². The van der Waals surface area contributed by atoms with Gasteiger partial charge < -0.3 is 0 Å². The Morgan fingerprint density at radius 3 is 1.44 bits per heavy atom. The van der Waals surface area contributed by atoms with Crippen molar-refractivity contribution in [2.75, 3.05) is 6.67 Å². The van der Waals surface area contributed by atoms with E-state index in [1.807, 2.05) is 0 Å². The first kappa shape index (κ1) is 8.94. The maximum absolute atomic E-state index is 11.6. The summed E-state index contributed by atoms with van der Waals surface area (Å²) in [4.78, 5) is 0. The highest BCUT2D eigenvalue weighted by molar-refractivity contribution is 6.23. The van der Waals surface area contributed by atoms with Gasteiger partial charge in [0.1, 0.15) is 6.67 Å². The quantitative estimate of drug-likeness (QED) is 0.417. The summed E-state index contributed by atoms with van der Waals surface area (Å²) in [6.07, 6.45) is -5.33. The van der Waals surface area contributed by atoms with Gasteiger partial charge in [0, 0.05) is 0 Å². The van der Waals surface area contributed by atoms with Crippen molar-refractivity contribution >= 4 is 11.6 Å². The Labute approximate surface area is 52.6 Å². The van der Waals surface area contributed by atoms with Crippen molar-refractivity contribution in [1.82, 2.24) is 0 Å². The molecule has 1 atom stereocenters. The smallest absolute Gasteiger partial charge is 0.246 e. The fraction of sp³-hybridized carbons (Fsp3) is 1.00. The molecule has 0 fully saturated rings. The first-order valence-corrected chi connectivity index (χ1v) is 2.19. The molecule has 6 heteroatoms. The number of alkyl halides is 6. The molecule has 0 amide bonds. The highest BCUT2D eigenvalue weighted by atomic mass is 35.5. The summed E-state index contributed by atoms with van der Waals surface area (Å²) < 4.78 is 55.9. The van der Waals surface area contributed by atoms with Crippen molar-refractivity contribution in [1.29, 1.82) is 0 Å². The fourth-order valence-corrected chi connectivity index (χ4v) is 0.0758. The van der Waals surface area contributed by atoms with Crippen molar-refractivity contribution in [2.24, 2.45) is 0 Å². The summed E-state index contributed by atoms with van der Waals surface area (Å²) in [7, 11) is 0. The molecule has 0 aliphatic rings. The molecule has 0 unspecified atom stereocenters. The Balaban J connectivity index is 4.14. The standard InChI is InChI=1S/C3H2ClF5/c4-2(6,1-5)3(7,8)9/h1H2/t2-/m0/s1. The minimum atomic E-state index is -5.33. The normalized spacial score (nSPS) is 19.3. The van der Waals surface area contributed by atoms with Gasteiger partial charge >= 0.3 is 11.3 Å². The van der Waals surface area contributed by atoms with Crippen LogP contribution in [0.15, 0.2) is 0 Å². The molecule has 0 aromatic rings. The van der Waals surface area contributed by atoms with Crippen LogP contribution in [0.25, 0.3) is 0 Å². The lowest BCUT2D eigenvalue weighted by atomic mass is 10.4. The van der Waals surface area contributed by atoms with E-state index < -0.39 is 18.0 Å². The third-order valence-electron chi connectivity index (χ3n) is 0.583. The first-order chi connectivity index (χ1) is 3.81. The Kier molecular flexibility index (Phi) is 2.27. The minimum absolute atomic E-state index is 2.27. The summed E-state index contributed by atoms with van der Waals surface area (Å²) in [5.74, 6) is 0. The van der Waals surface area contributed by atoms with Gasteiger partial charge in [-0.2, -0.15) is 13.2 Å². The molecule has 0 saturated carbocycles. The molecule has 56 valence electrons. The van der Waals surface area contributed by atoms with Gasteiger partial charge in [0.25, 0.3) is 0 Å². The predicted octanol–water partition coefficient (Wildman–Crippen LogP) is 2.42. The first-order valence-electron chi connectivity index (χ1n) is 1.82. The van der Waals surface area contributed by atoms with Gasteiger partial charge in [-0.05, 0) is 0 Å². The summed E-state index contributed by atoms with van der Waals surface area (Å²) in [6, 6.07) is 0. The zero-order valence-electron chi connectivity index (χ0n) is 3.97. The van der Waals surface area contributed by atoms with Crippen LogP contribution in [0, 0.1) is 0 Å². The number of hydrogen-bond donors (Lipinski definition) is 0. The molecule has 0 radical (unpaired) electrons. The van der Waals surface area contributed by atoms with Gasteiger partial charge in [0.05, 0.1) is 0 Å². The van der Waals surface area contributed by atoms with Crippen molar-refractivity contribution in [3.63, 3.8) is 0 Å². The van der Waals surface area contributed by atoms with E-state index in [4.69, 9.17) is 0 Å². The predicted molar refractivity (Wildman–Crippen MR) is 21.7 cm³/mol. The molecular weight excluding hydrogens is 166 g/mol. The molecule has 0 rings (SSSR count). The monoisotopic (exact) mass is 168 g/mol. The fourth-order valence-electron chi connectivity index (χ4n) is 0.0758. The molecule has 0 bridgehead atoms. The second kappa shape index (κ2) is 2.28. The van der Waals surface area contributed by atoms with Crippen LogP contribution in [0.1, 0.15) is 0 Å². The molecular formula is C3H2ClF5. The average Bonchev–Trinajstić information content (AvgIpc) is 1.64. The third-order valence-corrected chi connectivity index (χ3v) is 0.898. The van der Waals surface area contributed by atoms with Gasteiger partial charge in [0.2, 0.25) is 0 Å². The topological polar surface area (TPSA) is 0 Å². The molecule has 0 aliphatic heterocycles. The van der Waals surface area contributed by atoms with Gasteiger partial charge in [-0.15, -0.1) is 0 Å². The van der Waals surface area contributed by atoms with Crippen molar-refractivity contribution in [3.05, 3.63) is 0 Å². The minimum Gasteiger partial charge on any atom is -0.246 e. The zero-order chi connectivity index (χ0) is 7.71. The molecule has 9 heavy (non-hydrogen) atoms. The molecule has 0 nitrogen and oxygen atoms in total. The van der Waals surface area contributed by atoms with E-state index in [1.165, 1.54) is 0 Å². The van der Waals surface area contributed by atoms with Gasteiger partial charge in [-0.1, -0.05) is 11.6 Å². The molecule has 0 spiro atoms. The van der Waals surface area contributed by atoms with E-state index in [2.05, 4.69) is 11.6 Å². The van der Waals surface area contributed by atoms with E-state index in [0.717, 1.165) is 0 Å². The molecule has 0 aromatic heterocycles. The van der Waals surface area contributed by atoms with E-state index in [1.54, 1.807) is 0 Å². The van der Waals surface area contributed by atoms with Crippen LogP contribution in [-0.4, -0.2) is 18.0 Å². The lowest BCUT2D eigenvalue weighted by molar-refractivity contribution is -0.201. The maximum Gasteiger partial charge on any atom is 0.439 e. The zero-order valence-corrected chi connectivity index (χ0v) is 4.73. The van der Waals surface area contributed by atoms with Crippen LogP contribution in [0.5, 0.6) is 0 Å². The Bertz CT molecular complexity index is 94.9. The van der Waals surface area contributed by atoms with Crippen LogP contribution < -0.4 is 0 Å². The van der Waals surface area contributed by atoms with Crippen LogP contribution in [-0.2, 0) is 0 Å². The molecule has 0 N–H and O–H groups in total. The van der Waals surface area contributed by atoms with Gasteiger partial charge in [-0.25, -0.2) is 8.78 Å². The van der Waals surface area contributed by atoms with E-state index >= 15 is 0 Å². The average molecular weight is 168 g/mol. The SMILES string of the molecule is FC[C@@](F)(Cl)C(F)(F)F. The lowest BCUT2D eigenvalue weighted by Gasteiger charge is -2.16. The largest absolute Gasteiger partial charge is 0.439 e. The second-order valence-corrected chi connectivity index (χ2v) is 1.93. The van der Waals surface area contributed by atoms with E-state index in [9.17, 15) is 22.0 Å². The molecule has 0 aromatic carbocycles. The number of rotatable bonds is 1. The Hall–Kier alpha value is -0.0600. The van der Waals surface area contributed by atoms with E-state index in [0.29, 0.717) is 0 Å². The highest BCUT2D eigenvalue weighted by Gasteiger charge is 2.55. The second-order valence-electron chi connectivity index (χ2n) is 1.34. The Morgan fingerprint density at radius 2 is 1.44 bits per heavy atom. The summed E-state index contributed by atoms with van der Waals surface area (Å²) in [5, 5.41) is -4.22. The molecule has 0 aliphatic carbocycles.